The van der Waals surface area contributed by atoms with Gasteiger partial charge in [0.05, 0.1) is 19.8 Å². The van der Waals surface area contributed by atoms with Gasteiger partial charge in [0.25, 0.3) is 5.91 Å². The number of amides is 1. The molecule has 0 saturated heterocycles. The summed E-state index contributed by atoms with van der Waals surface area (Å²) in [5.74, 6) is -0.00138. The molecule has 2 aromatic rings. The highest BCUT2D eigenvalue weighted by Gasteiger charge is 2.11. The minimum absolute atomic E-state index is 0.270. The lowest BCUT2D eigenvalue weighted by Crippen LogP contribution is -2.23. The molecular formula is C19H18N2O6. The number of carbonyl (C=O) groups excluding carboxylic acids is 2. The van der Waals surface area contributed by atoms with E-state index < -0.39 is 25.1 Å². The van der Waals surface area contributed by atoms with Crippen molar-refractivity contribution in [3.05, 3.63) is 48.0 Å². The van der Waals surface area contributed by atoms with E-state index in [-0.39, 0.29) is 5.75 Å². The van der Waals surface area contributed by atoms with Crippen molar-refractivity contribution in [3.63, 3.8) is 0 Å². The van der Waals surface area contributed by atoms with E-state index in [0.29, 0.717) is 22.7 Å². The van der Waals surface area contributed by atoms with Gasteiger partial charge in [0.15, 0.2) is 24.7 Å². The van der Waals surface area contributed by atoms with E-state index in [1.54, 1.807) is 42.5 Å². The van der Waals surface area contributed by atoms with Gasteiger partial charge in [-0.1, -0.05) is 12.1 Å². The number of carbonyl (C=O) groups is 2. The minimum atomic E-state index is -0.731. The molecule has 1 N–H and O–H groups in total. The average Bonchev–Trinajstić information content (AvgIpc) is 2.70. The Balaban J connectivity index is 1.81. The number of hydrogen-bond acceptors (Lipinski definition) is 7. The van der Waals surface area contributed by atoms with Crippen LogP contribution in [0.1, 0.15) is 5.56 Å². The molecule has 0 heterocycles. The van der Waals surface area contributed by atoms with E-state index in [0.717, 1.165) is 0 Å². The molecule has 0 bridgehead atoms. The van der Waals surface area contributed by atoms with Crippen molar-refractivity contribution >= 4 is 17.6 Å². The molecule has 0 unspecified atom stereocenters. The van der Waals surface area contributed by atoms with Crippen molar-refractivity contribution in [1.82, 2.24) is 0 Å². The predicted octanol–water partition coefficient (Wildman–Crippen LogP) is 2.14. The van der Waals surface area contributed by atoms with Crippen molar-refractivity contribution in [3.8, 4) is 23.3 Å². The topological polar surface area (TPSA) is 107 Å². The maximum atomic E-state index is 11.9. The van der Waals surface area contributed by atoms with Crippen molar-refractivity contribution in [1.29, 1.82) is 5.26 Å². The zero-order valence-corrected chi connectivity index (χ0v) is 14.9. The van der Waals surface area contributed by atoms with Crippen LogP contribution in [0.5, 0.6) is 17.2 Å². The van der Waals surface area contributed by atoms with Crippen molar-refractivity contribution < 1.29 is 28.5 Å². The summed E-state index contributed by atoms with van der Waals surface area (Å²) in [7, 11) is 2.99. The maximum absolute atomic E-state index is 11.9. The van der Waals surface area contributed by atoms with Crippen LogP contribution >= 0.6 is 0 Å². The third kappa shape index (κ3) is 5.64. The summed E-state index contributed by atoms with van der Waals surface area (Å²) in [5, 5.41) is 11.5. The van der Waals surface area contributed by atoms with E-state index in [2.05, 4.69) is 5.32 Å². The van der Waals surface area contributed by atoms with Gasteiger partial charge in [-0.05, 0) is 24.3 Å². The Kier molecular flexibility index (Phi) is 7.02. The first kappa shape index (κ1) is 19.6. The third-order valence-electron chi connectivity index (χ3n) is 3.38. The highest BCUT2D eigenvalue weighted by molar-refractivity contribution is 5.93. The molecule has 0 spiro atoms. The molecule has 0 aromatic heterocycles. The van der Waals surface area contributed by atoms with Crippen LogP contribution in [0.15, 0.2) is 42.5 Å². The minimum Gasteiger partial charge on any atom is -0.493 e. The van der Waals surface area contributed by atoms with Crippen LogP contribution in [-0.4, -0.2) is 39.3 Å². The molecule has 2 aromatic carbocycles. The molecule has 8 nitrogen and oxygen atoms in total. The lowest BCUT2D eigenvalue weighted by atomic mass is 10.2. The van der Waals surface area contributed by atoms with Crippen LogP contribution in [0.4, 0.5) is 5.69 Å². The van der Waals surface area contributed by atoms with Crippen LogP contribution in [0, 0.1) is 11.3 Å². The summed E-state index contributed by atoms with van der Waals surface area (Å²) < 4.78 is 20.4. The van der Waals surface area contributed by atoms with Crippen LogP contribution in [-0.2, 0) is 14.3 Å². The van der Waals surface area contributed by atoms with Gasteiger partial charge in [-0.15, -0.1) is 0 Å². The number of hydrogen-bond donors (Lipinski definition) is 1. The standard InChI is InChI=1S/C19H18N2O6/c1-24-16-8-7-14(9-17(16)25-2)21-18(22)11-27-19(23)12-26-15-6-4-3-5-13(15)10-20/h3-9H,11-12H2,1-2H3,(H,21,22). The second-order valence-electron chi connectivity index (χ2n) is 5.18. The Morgan fingerprint density at radius 2 is 1.74 bits per heavy atom. The average molecular weight is 370 g/mol. The van der Waals surface area contributed by atoms with Crippen molar-refractivity contribution in [2.45, 2.75) is 0 Å². The number of methoxy groups -OCH3 is 2. The van der Waals surface area contributed by atoms with Crippen molar-refractivity contribution in [2.24, 2.45) is 0 Å². The summed E-state index contributed by atoms with van der Waals surface area (Å²) in [6, 6.07) is 13.3. The first-order valence-electron chi connectivity index (χ1n) is 7.86. The van der Waals surface area contributed by atoms with Gasteiger partial charge in [-0.2, -0.15) is 5.26 Å². The summed E-state index contributed by atoms with van der Waals surface area (Å²) in [5.41, 5.74) is 0.768. The van der Waals surface area contributed by atoms with Gasteiger partial charge in [-0.25, -0.2) is 4.79 Å². The molecular weight excluding hydrogens is 352 g/mol. The van der Waals surface area contributed by atoms with Gasteiger partial charge in [0.1, 0.15) is 11.8 Å². The zero-order chi connectivity index (χ0) is 19.6. The summed E-state index contributed by atoms with van der Waals surface area (Å²) in [6.45, 7) is -0.890. The number of para-hydroxylation sites is 1. The lowest BCUT2D eigenvalue weighted by Gasteiger charge is -2.11. The summed E-state index contributed by atoms with van der Waals surface area (Å²) in [4.78, 5) is 23.6. The van der Waals surface area contributed by atoms with E-state index in [9.17, 15) is 9.59 Å². The number of ether oxygens (including phenoxy) is 4. The number of anilines is 1. The molecule has 140 valence electrons. The molecule has 1 amide bonds. The molecule has 2 rings (SSSR count). The fraction of sp³-hybridized carbons (Fsp3) is 0.211. The summed E-state index contributed by atoms with van der Waals surface area (Å²) >= 11 is 0. The van der Waals surface area contributed by atoms with Gasteiger partial charge in [0, 0.05) is 11.8 Å². The van der Waals surface area contributed by atoms with Crippen LogP contribution < -0.4 is 19.5 Å². The Morgan fingerprint density at radius 3 is 2.44 bits per heavy atom. The van der Waals surface area contributed by atoms with Gasteiger partial charge in [0.2, 0.25) is 0 Å². The van der Waals surface area contributed by atoms with E-state index in [1.165, 1.54) is 14.2 Å². The molecule has 0 aliphatic rings. The number of nitrogens with one attached hydrogen (secondary N) is 1. The fourth-order valence-corrected chi connectivity index (χ4v) is 2.12. The largest absolute Gasteiger partial charge is 0.493 e. The molecule has 27 heavy (non-hydrogen) atoms. The Hall–Kier alpha value is -3.73. The molecule has 0 aliphatic heterocycles. The van der Waals surface area contributed by atoms with Crippen LogP contribution in [0.2, 0.25) is 0 Å². The molecule has 8 heteroatoms. The Morgan fingerprint density at radius 1 is 1.00 bits per heavy atom. The highest BCUT2D eigenvalue weighted by atomic mass is 16.6. The number of nitriles is 1. The summed E-state index contributed by atoms with van der Waals surface area (Å²) in [6.07, 6.45) is 0. The number of rotatable bonds is 8. The van der Waals surface area contributed by atoms with Crippen LogP contribution in [0.3, 0.4) is 0 Å². The van der Waals surface area contributed by atoms with Gasteiger partial charge < -0.3 is 24.3 Å². The van der Waals surface area contributed by atoms with Gasteiger partial charge >= 0.3 is 5.97 Å². The molecule has 0 saturated carbocycles. The van der Waals surface area contributed by atoms with Gasteiger partial charge in [-0.3, -0.25) is 4.79 Å². The molecule has 0 aliphatic carbocycles. The number of esters is 1. The second-order valence-corrected chi connectivity index (χ2v) is 5.18. The maximum Gasteiger partial charge on any atom is 0.344 e. The fourth-order valence-electron chi connectivity index (χ4n) is 2.12. The normalized spacial score (nSPS) is 9.67. The number of benzene rings is 2. The quantitative estimate of drug-likeness (QED) is 0.709. The van der Waals surface area contributed by atoms with E-state index >= 15 is 0 Å². The second kappa shape index (κ2) is 9.68. The third-order valence-corrected chi connectivity index (χ3v) is 3.38. The Bertz CT molecular complexity index is 860. The SMILES string of the molecule is COc1ccc(NC(=O)COC(=O)COc2ccccc2C#N)cc1OC. The highest BCUT2D eigenvalue weighted by Crippen LogP contribution is 2.29. The monoisotopic (exact) mass is 370 g/mol. The predicted molar refractivity (Wildman–Crippen MR) is 95.8 cm³/mol. The molecule has 0 radical (unpaired) electrons. The first-order chi connectivity index (χ1) is 13.1. The zero-order valence-electron chi connectivity index (χ0n) is 14.9. The van der Waals surface area contributed by atoms with E-state index in [4.69, 9.17) is 24.2 Å². The Labute approximate surface area is 156 Å². The molecule has 0 fully saturated rings. The van der Waals surface area contributed by atoms with E-state index in [1.807, 2.05) is 6.07 Å². The lowest BCUT2D eigenvalue weighted by molar-refractivity contribution is -0.149. The first-order valence-corrected chi connectivity index (χ1v) is 7.86. The smallest absolute Gasteiger partial charge is 0.344 e. The number of nitrogens with zero attached hydrogens (tertiary/aromatic N) is 1. The van der Waals surface area contributed by atoms with Crippen LogP contribution in [0.25, 0.3) is 0 Å². The molecule has 0 atom stereocenters. The van der Waals surface area contributed by atoms with Crippen molar-refractivity contribution in [2.75, 3.05) is 32.8 Å².